The van der Waals surface area contributed by atoms with Crippen LogP contribution in [0.25, 0.3) is 6.08 Å². The number of fused-ring (bicyclic) bond motifs is 1. The van der Waals surface area contributed by atoms with E-state index in [1.54, 1.807) is 34.4 Å². The molecule has 2 amide bonds. The highest BCUT2D eigenvalue weighted by molar-refractivity contribution is 8.26. The lowest BCUT2D eigenvalue weighted by Gasteiger charge is -2.14. The third-order valence-corrected chi connectivity index (χ3v) is 6.33. The van der Waals surface area contributed by atoms with Crippen molar-refractivity contribution in [2.45, 2.75) is 12.8 Å². The van der Waals surface area contributed by atoms with E-state index in [0.717, 1.165) is 4.88 Å². The Bertz CT molecular complexity index is 956. The second-order valence-electron chi connectivity index (χ2n) is 6.07. The summed E-state index contributed by atoms with van der Waals surface area (Å²) in [7, 11) is 0. The molecule has 0 unspecified atom stereocenters. The van der Waals surface area contributed by atoms with Crippen LogP contribution in [0.1, 0.15) is 17.7 Å². The third-order valence-electron chi connectivity index (χ3n) is 4.13. The lowest BCUT2D eigenvalue weighted by Crippen LogP contribution is -2.29. The van der Waals surface area contributed by atoms with Gasteiger partial charge in [0.05, 0.1) is 4.91 Å². The number of carbonyl (C=O) groups is 2. The Morgan fingerprint density at radius 3 is 2.96 bits per heavy atom. The van der Waals surface area contributed by atoms with Crippen LogP contribution in [0.3, 0.4) is 0 Å². The molecule has 0 aliphatic carbocycles. The summed E-state index contributed by atoms with van der Waals surface area (Å²) in [5, 5.41) is 4.80. The van der Waals surface area contributed by atoms with Crippen molar-refractivity contribution in [3.8, 4) is 11.5 Å². The summed E-state index contributed by atoms with van der Waals surface area (Å²) < 4.78 is 11.1. The van der Waals surface area contributed by atoms with E-state index in [-0.39, 0.29) is 25.0 Å². The zero-order valence-electron chi connectivity index (χ0n) is 14.7. The van der Waals surface area contributed by atoms with Crippen molar-refractivity contribution in [1.29, 1.82) is 0 Å². The topological polar surface area (TPSA) is 67.9 Å². The summed E-state index contributed by atoms with van der Waals surface area (Å²) in [6.45, 7) is 0.610. The maximum Gasteiger partial charge on any atom is 0.266 e. The Morgan fingerprint density at radius 1 is 1.29 bits per heavy atom. The highest BCUT2D eigenvalue weighted by atomic mass is 32.2. The van der Waals surface area contributed by atoms with E-state index in [1.807, 2.05) is 23.6 Å². The lowest BCUT2D eigenvalue weighted by atomic mass is 10.2. The summed E-state index contributed by atoms with van der Waals surface area (Å²) in [6, 6.07) is 9.16. The van der Waals surface area contributed by atoms with E-state index in [0.29, 0.717) is 39.4 Å². The van der Waals surface area contributed by atoms with Gasteiger partial charge in [-0.25, -0.2) is 0 Å². The minimum Gasteiger partial charge on any atom is -0.454 e. The predicted octanol–water partition coefficient (Wildman–Crippen LogP) is 4.10. The van der Waals surface area contributed by atoms with Gasteiger partial charge in [-0.3, -0.25) is 14.5 Å². The molecule has 0 atom stereocenters. The van der Waals surface area contributed by atoms with Crippen LogP contribution < -0.4 is 14.8 Å². The number of benzene rings is 1. The predicted molar refractivity (Wildman–Crippen MR) is 115 cm³/mol. The highest BCUT2D eigenvalue weighted by Crippen LogP contribution is 2.35. The second kappa shape index (κ2) is 8.34. The zero-order valence-corrected chi connectivity index (χ0v) is 17.1. The Kier molecular flexibility index (Phi) is 5.65. The number of carbonyl (C=O) groups excluding carboxylic acids is 2. The monoisotopic (exact) mass is 432 g/mol. The fraction of sp³-hybridized carbons (Fsp3) is 0.211. The molecular weight excluding hydrogens is 416 g/mol. The van der Waals surface area contributed by atoms with Crippen molar-refractivity contribution in [2.75, 3.05) is 18.7 Å². The molecule has 2 aliphatic heterocycles. The van der Waals surface area contributed by atoms with E-state index in [4.69, 9.17) is 21.7 Å². The number of hydrogen-bond acceptors (Lipinski definition) is 7. The lowest BCUT2D eigenvalue weighted by molar-refractivity contribution is -0.122. The van der Waals surface area contributed by atoms with Crippen LogP contribution >= 0.6 is 35.3 Å². The van der Waals surface area contributed by atoms with Gasteiger partial charge in [0, 0.05) is 29.6 Å². The van der Waals surface area contributed by atoms with E-state index < -0.39 is 0 Å². The first kappa shape index (κ1) is 19.0. The molecule has 28 heavy (non-hydrogen) atoms. The van der Waals surface area contributed by atoms with Crippen molar-refractivity contribution >= 4 is 63.2 Å². The fourth-order valence-electron chi connectivity index (χ4n) is 2.79. The molecule has 2 aromatic rings. The summed E-state index contributed by atoms with van der Waals surface area (Å²) in [5.74, 6) is 1.06. The van der Waals surface area contributed by atoms with Gasteiger partial charge in [0.25, 0.3) is 5.91 Å². The number of rotatable bonds is 6. The van der Waals surface area contributed by atoms with Crippen LogP contribution in [-0.2, 0) is 9.59 Å². The van der Waals surface area contributed by atoms with Crippen molar-refractivity contribution in [1.82, 2.24) is 4.90 Å². The van der Waals surface area contributed by atoms with Crippen LogP contribution in [-0.4, -0.2) is 34.4 Å². The number of nitrogens with zero attached hydrogens (tertiary/aromatic N) is 1. The minimum atomic E-state index is -0.126. The number of thiophene rings is 1. The molecule has 1 saturated heterocycles. The molecule has 1 aromatic carbocycles. The Morgan fingerprint density at radius 2 is 2.14 bits per heavy atom. The molecular formula is C19H16N2O4S3. The number of amides is 2. The molecule has 1 N–H and O–H groups in total. The zero-order chi connectivity index (χ0) is 19.5. The first-order chi connectivity index (χ1) is 13.6. The van der Waals surface area contributed by atoms with Gasteiger partial charge in [-0.15, -0.1) is 11.3 Å². The number of anilines is 1. The molecule has 6 nitrogen and oxygen atoms in total. The van der Waals surface area contributed by atoms with Crippen LogP contribution in [0.2, 0.25) is 0 Å². The maximum atomic E-state index is 12.5. The largest absolute Gasteiger partial charge is 0.454 e. The molecule has 9 heteroatoms. The number of hydrogen-bond donors (Lipinski definition) is 1. The number of thiocarbonyl (C=S) groups is 1. The van der Waals surface area contributed by atoms with E-state index in [1.165, 1.54) is 11.8 Å². The second-order valence-corrected chi connectivity index (χ2v) is 8.72. The molecule has 0 spiro atoms. The summed E-state index contributed by atoms with van der Waals surface area (Å²) in [5.41, 5.74) is 0.652. The smallest absolute Gasteiger partial charge is 0.266 e. The van der Waals surface area contributed by atoms with Gasteiger partial charge in [0.15, 0.2) is 11.5 Å². The van der Waals surface area contributed by atoms with E-state index in [2.05, 4.69) is 5.32 Å². The van der Waals surface area contributed by atoms with Gasteiger partial charge >= 0.3 is 0 Å². The molecule has 3 heterocycles. The van der Waals surface area contributed by atoms with Crippen LogP contribution in [0.5, 0.6) is 11.5 Å². The molecule has 0 saturated carbocycles. The normalized spacial score (nSPS) is 16.9. The summed E-state index contributed by atoms with van der Waals surface area (Å²) in [4.78, 5) is 27.9. The maximum absolute atomic E-state index is 12.5. The van der Waals surface area contributed by atoms with Crippen LogP contribution in [0, 0.1) is 0 Å². The molecule has 1 aromatic heterocycles. The Labute approximate surface area is 175 Å². The van der Waals surface area contributed by atoms with Gasteiger partial charge in [-0.1, -0.05) is 30.0 Å². The molecule has 1 fully saturated rings. The van der Waals surface area contributed by atoms with E-state index in [9.17, 15) is 9.59 Å². The fourth-order valence-corrected chi connectivity index (χ4v) is 4.82. The van der Waals surface area contributed by atoms with Gasteiger partial charge < -0.3 is 14.8 Å². The molecule has 4 rings (SSSR count). The first-order valence-electron chi connectivity index (χ1n) is 8.58. The van der Waals surface area contributed by atoms with Crippen molar-refractivity contribution < 1.29 is 19.1 Å². The van der Waals surface area contributed by atoms with Gasteiger partial charge in [-0.05, 0) is 36.1 Å². The molecule has 0 radical (unpaired) electrons. The van der Waals surface area contributed by atoms with Crippen molar-refractivity contribution in [2.24, 2.45) is 0 Å². The quantitative estimate of drug-likeness (QED) is 0.548. The van der Waals surface area contributed by atoms with Gasteiger partial charge in [0.1, 0.15) is 4.32 Å². The minimum absolute atomic E-state index is 0.0976. The SMILES string of the molecule is O=C(CCCN1C(=O)C(=Cc2cccs2)SC1=S)Nc1ccc2c(c1)OCO2. The molecule has 144 valence electrons. The van der Waals surface area contributed by atoms with E-state index >= 15 is 0 Å². The Hall–Kier alpha value is -2.36. The van der Waals surface area contributed by atoms with Crippen molar-refractivity contribution in [3.05, 3.63) is 45.5 Å². The van der Waals surface area contributed by atoms with Crippen LogP contribution in [0.15, 0.2) is 40.6 Å². The van der Waals surface area contributed by atoms with Crippen LogP contribution in [0.4, 0.5) is 5.69 Å². The first-order valence-corrected chi connectivity index (χ1v) is 10.7. The average molecular weight is 433 g/mol. The summed E-state index contributed by atoms with van der Waals surface area (Å²) in [6.07, 6.45) is 2.67. The standard InChI is InChI=1S/C19H16N2O4S3/c22-17(20-12-5-6-14-15(9-12)25-11-24-14)4-1-7-21-18(23)16(28-19(21)26)10-13-3-2-8-27-13/h2-3,5-6,8-10H,1,4,7,11H2,(H,20,22). The number of ether oxygens (including phenoxy) is 2. The average Bonchev–Trinajstić information content (AvgIpc) is 3.39. The number of nitrogens with one attached hydrogen (secondary N) is 1. The Balaban J connectivity index is 1.28. The number of thioether (sulfide) groups is 1. The highest BCUT2D eigenvalue weighted by Gasteiger charge is 2.31. The third kappa shape index (κ3) is 4.21. The summed E-state index contributed by atoms with van der Waals surface area (Å²) >= 11 is 8.20. The van der Waals surface area contributed by atoms with Gasteiger partial charge in [-0.2, -0.15) is 0 Å². The van der Waals surface area contributed by atoms with Crippen molar-refractivity contribution in [3.63, 3.8) is 0 Å². The van der Waals surface area contributed by atoms with Gasteiger partial charge in [0.2, 0.25) is 12.7 Å². The molecule has 0 bridgehead atoms. The molecule has 2 aliphatic rings.